The summed E-state index contributed by atoms with van der Waals surface area (Å²) in [6.45, 7) is 7.91. The second-order valence-electron chi connectivity index (χ2n) is 6.30. The zero-order valence-corrected chi connectivity index (χ0v) is 13.7. The first-order valence-electron chi connectivity index (χ1n) is 7.37. The van der Waals surface area contributed by atoms with E-state index in [2.05, 4.69) is 46.9 Å². The zero-order chi connectivity index (χ0) is 15.3. The van der Waals surface area contributed by atoms with Crippen molar-refractivity contribution in [3.63, 3.8) is 0 Å². The molecule has 7 nitrogen and oxygen atoms in total. The Labute approximate surface area is 129 Å². The molecular weight excluding hydrogens is 288 g/mol. The van der Waals surface area contributed by atoms with E-state index < -0.39 is 0 Å². The molecule has 1 aromatic rings. The largest absolute Gasteiger partial charge is 0.353 e. The lowest BCUT2D eigenvalue weighted by Gasteiger charge is -2.20. The molecule has 2 N–H and O–H groups in total. The highest BCUT2D eigenvalue weighted by Crippen LogP contribution is 2.19. The lowest BCUT2D eigenvalue weighted by atomic mass is 10.1. The number of rotatable bonds is 8. The Morgan fingerprint density at radius 2 is 2.19 bits per heavy atom. The molecule has 0 saturated heterocycles. The first-order valence-corrected chi connectivity index (χ1v) is 8.36. The van der Waals surface area contributed by atoms with Crippen LogP contribution in [-0.2, 0) is 11.3 Å². The minimum Gasteiger partial charge on any atom is -0.353 e. The summed E-state index contributed by atoms with van der Waals surface area (Å²) >= 11 is 1.53. The van der Waals surface area contributed by atoms with Gasteiger partial charge in [0.15, 0.2) is 0 Å². The average molecular weight is 312 g/mol. The number of nitrogens with one attached hydrogen (secondary N) is 2. The van der Waals surface area contributed by atoms with E-state index in [4.69, 9.17) is 0 Å². The molecule has 21 heavy (non-hydrogen) atoms. The van der Waals surface area contributed by atoms with Crippen molar-refractivity contribution in [2.24, 2.45) is 0 Å². The third-order valence-electron chi connectivity index (χ3n) is 2.98. The normalized spacial score (nSPS) is 15.2. The van der Waals surface area contributed by atoms with Crippen LogP contribution in [0.15, 0.2) is 5.16 Å². The molecule has 0 radical (unpaired) electrons. The Morgan fingerprint density at radius 3 is 2.86 bits per heavy atom. The Morgan fingerprint density at radius 1 is 1.43 bits per heavy atom. The van der Waals surface area contributed by atoms with Gasteiger partial charge < -0.3 is 10.6 Å². The molecule has 0 spiro atoms. The fourth-order valence-corrected chi connectivity index (χ4v) is 2.58. The summed E-state index contributed by atoms with van der Waals surface area (Å²) in [6, 6.07) is 0.427. The van der Waals surface area contributed by atoms with Crippen LogP contribution in [0.25, 0.3) is 0 Å². The first kappa shape index (κ1) is 16.2. The number of aromatic nitrogens is 4. The van der Waals surface area contributed by atoms with Gasteiger partial charge in [-0.15, -0.1) is 5.10 Å². The van der Waals surface area contributed by atoms with Gasteiger partial charge in [-0.3, -0.25) is 4.79 Å². The van der Waals surface area contributed by atoms with Crippen LogP contribution in [0.5, 0.6) is 0 Å². The average Bonchev–Trinajstić information content (AvgIpc) is 3.07. The van der Waals surface area contributed by atoms with Crippen LogP contribution in [0, 0.1) is 0 Å². The maximum Gasteiger partial charge on any atom is 0.221 e. The van der Waals surface area contributed by atoms with E-state index in [1.807, 2.05) is 0 Å². The van der Waals surface area contributed by atoms with Crippen LogP contribution in [0.3, 0.4) is 0 Å². The van der Waals surface area contributed by atoms with Crippen molar-refractivity contribution in [3.05, 3.63) is 0 Å². The summed E-state index contributed by atoms with van der Waals surface area (Å²) in [5, 5.41) is 18.8. The molecule has 0 bridgehead atoms. The van der Waals surface area contributed by atoms with Crippen LogP contribution >= 0.6 is 11.8 Å². The van der Waals surface area contributed by atoms with Crippen molar-refractivity contribution in [2.45, 2.75) is 63.3 Å². The standard InChI is InChI=1S/C13H24N6OS/c1-13(2,3)14-7-8-19-12(16-17-18-19)21-9-6-11(20)15-10-4-5-10/h10,14H,4-9H2,1-3H3,(H,15,20). The van der Waals surface area contributed by atoms with Crippen molar-refractivity contribution >= 4 is 17.7 Å². The predicted octanol–water partition coefficient (Wildman–Crippen LogP) is 0.822. The SMILES string of the molecule is CC(C)(C)NCCn1nnnc1SCCC(=O)NC1CC1. The summed E-state index contributed by atoms with van der Waals surface area (Å²) in [5.41, 5.74) is 0.0855. The van der Waals surface area contributed by atoms with E-state index in [1.54, 1.807) is 4.68 Å². The monoisotopic (exact) mass is 312 g/mol. The Kier molecular flexibility index (Phi) is 5.58. The maximum atomic E-state index is 11.6. The zero-order valence-electron chi connectivity index (χ0n) is 12.9. The summed E-state index contributed by atoms with van der Waals surface area (Å²) in [6.07, 6.45) is 2.75. The summed E-state index contributed by atoms with van der Waals surface area (Å²) in [7, 11) is 0. The molecular formula is C13H24N6OS. The lowest BCUT2D eigenvalue weighted by molar-refractivity contribution is -0.120. The van der Waals surface area contributed by atoms with Crippen LogP contribution in [0.2, 0.25) is 0 Å². The quantitative estimate of drug-likeness (QED) is 0.691. The number of carbonyl (C=O) groups is 1. The van der Waals surface area contributed by atoms with Gasteiger partial charge >= 0.3 is 0 Å². The number of tetrazole rings is 1. The highest BCUT2D eigenvalue weighted by atomic mass is 32.2. The molecule has 0 aliphatic heterocycles. The molecule has 0 atom stereocenters. The molecule has 1 heterocycles. The smallest absolute Gasteiger partial charge is 0.221 e. The van der Waals surface area contributed by atoms with Gasteiger partial charge in [0.2, 0.25) is 11.1 Å². The van der Waals surface area contributed by atoms with Crippen LogP contribution < -0.4 is 10.6 Å². The number of carbonyl (C=O) groups excluding carboxylic acids is 1. The van der Waals surface area contributed by atoms with E-state index in [0.717, 1.165) is 31.1 Å². The summed E-state index contributed by atoms with van der Waals surface area (Å²) < 4.78 is 1.78. The third-order valence-corrected chi connectivity index (χ3v) is 3.94. The van der Waals surface area contributed by atoms with E-state index in [0.29, 0.717) is 18.2 Å². The molecule has 0 unspecified atom stereocenters. The van der Waals surface area contributed by atoms with Gasteiger partial charge in [-0.2, -0.15) is 0 Å². The Balaban J connectivity index is 1.68. The highest BCUT2D eigenvalue weighted by molar-refractivity contribution is 7.99. The topological polar surface area (TPSA) is 84.7 Å². The summed E-state index contributed by atoms with van der Waals surface area (Å²) in [5.74, 6) is 0.824. The second-order valence-corrected chi connectivity index (χ2v) is 7.36. The van der Waals surface area contributed by atoms with Gasteiger partial charge in [0.05, 0.1) is 6.54 Å². The van der Waals surface area contributed by atoms with E-state index >= 15 is 0 Å². The van der Waals surface area contributed by atoms with Gasteiger partial charge in [-0.05, 0) is 44.0 Å². The molecule has 1 fully saturated rings. The van der Waals surface area contributed by atoms with Gasteiger partial charge in [-0.1, -0.05) is 11.8 Å². The van der Waals surface area contributed by atoms with Crippen molar-refractivity contribution in [2.75, 3.05) is 12.3 Å². The van der Waals surface area contributed by atoms with Crippen molar-refractivity contribution in [1.82, 2.24) is 30.8 Å². The van der Waals surface area contributed by atoms with Crippen molar-refractivity contribution < 1.29 is 4.79 Å². The van der Waals surface area contributed by atoms with E-state index in [9.17, 15) is 4.79 Å². The molecule has 0 aromatic carbocycles. The Bertz CT molecular complexity index is 465. The van der Waals surface area contributed by atoms with Crippen LogP contribution in [-0.4, -0.2) is 50.0 Å². The molecule has 1 amide bonds. The fourth-order valence-electron chi connectivity index (χ4n) is 1.74. The van der Waals surface area contributed by atoms with Crippen molar-refractivity contribution in [3.8, 4) is 0 Å². The van der Waals surface area contributed by atoms with Gasteiger partial charge in [0.25, 0.3) is 0 Å². The van der Waals surface area contributed by atoms with E-state index in [-0.39, 0.29) is 11.4 Å². The second kappa shape index (κ2) is 7.22. The van der Waals surface area contributed by atoms with Crippen molar-refractivity contribution in [1.29, 1.82) is 0 Å². The number of thioether (sulfide) groups is 1. The number of hydrogen-bond acceptors (Lipinski definition) is 6. The fraction of sp³-hybridized carbons (Fsp3) is 0.846. The minimum atomic E-state index is 0.0855. The van der Waals surface area contributed by atoms with E-state index in [1.165, 1.54) is 11.8 Å². The molecule has 1 aliphatic rings. The van der Waals surface area contributed by atoms with Gasteiger partial charge in [0, 0.05) is 30.3 Å². The highest BCUT2D eigenvalue weighted by Gasteiger charge is 2.22. The van der Waals surface area contributed by atoms with Gasteiger partial charge in [0.1, 0.15) is 0 Å². The third kappa shape index (κ3) is 6.43. The molecule has 1 aromatic heterocycles. The predicted molar refractivity (Wildman–Crippen MR) is 82.1 cm³/mol. The lowest BCUT2D eigenvalue weighted by Crippen LogP contribution is -2.38. The number of amides is 1. The van der Waals surface area contributed by atoms with Crippen LogP contribution in [0.1, 0.15) is 40.0 Å². The van der Waals surface area contributed by atoms with Crippen LogP contribution in [0.4, 0.5) is 0 Å². The van der Waals surface area contributed by atoms with Gasteiger partial charge in [-0.25, -0.2) is 4.68 Å². The molecule has 1 saturated carbocycles. The first-order chi connectivity index (χ1) is 9.94. The summed E-state index contributed by atoms with van der Waals surface area (Å²) in [4.78, 5) is 11.6. The molecule has 1 aliphatic carbocycles. The Hall–Kier alpha value is -1.15. The maximum absolute atomic E-state index is 11.6. The molecule has 118 valence electrons. The number of nitrogens with zero attached hydrogens (tertiary/aromatic N) is 4. The molecule has 8 heteroatoms. The number of hydrogen-bond donors (Lipinski definition) is 2. The molecule has 2 rings (SSSR count). The minimum absolute atomic E-state index is 0.0855.